The van der Waals surface area contributed by atoms with E-state index in [0.29, 0.717) is 31.1 Å². The molecule has 0 saturated heterocycles. The molecule has 2 aromatic heterocycles. The van der Waals surface area contributed by atoms with E-state index in [4.69, 9.17) is 9.72 Å². The van der Waals surface area contributed by atoms with Gasteiger partial charge in [0.05, 0.1) is 30.2 Å². The first-order valence-corrected chi connectivity index (χ1v) is 11.7. The Morgan fingerprint density at radius 3 is 2.87 bits per heavy atom. The fourth-order valence-electron chi connectivity index (χ4n) is 4.51. The van der Waals surface area contributed by atoms with Gasteiger partial charge < -0.3 is 4.74 Å². The van der Waals surface area contributed by atoms with Gasteiger partial charge in [-0.15, -0.1) is 11.3 Å². The van der Waals surface area contributed by atoms with Crippen LogP contribution in [0.3, 0.4) is 0 Å². The Morgan fingerprint density at radius 2 is 2.16 bits per heavy atom. The van der Waals surface area contributed by atoms with Crippen LogP contribution in [-0.4, -0.2) is 23.3 Å². The van der Waals surface area contributed by atoms with Crippen LogP contribution < -0.4 is 5.56 Å². The quantitative estimate of drug-likeness (QED) is 0.582. The van der Waals surface area contributed by atoms with Gasteiger partial charge in [-0.3, -0.25) is 9.36 Å². The molecule has 162 valence electrons. The summed E-state index contributed by atoms with van der Waals surface area (Å²) in [7, 11) is 1.66. The minimum absolute atomic E-state index is 0.0326. The van der Waals surface area contributed by atoms with Crippen LogP contribution in [0.2, 0.25) is 0 Å². The molecule has 2 heterocycles. The molecule has 3 aromatic rings. The zero-order chi connectivity index (χ0) is 22.2. The number of fused-ring (bicyclic) bond motifs is 3. The number of hydrogen-bond acceptors (Lipinski definition) is 5. The molecule has 1 aliphatic carbocycles. The molecule has 0 amide bonds. The second-order valence-corrected chi connectivity index (χ2v) is 10.5. The Labute approximate surface area is 187 Å². The van der Waals surface area contributed by atoms with Crippen molar-refractivity contribution in [3.63, 3.8) is 0 Å². The van der Waals surface area contributed by atoms with E-state index in [0.717, 1.165) is 40.9 Å². The summed E-state index contributed by atoms with van der Waals surface area (Å²) in [4.78, 5) is 20.8. The molecular formula is C25H29N3O2S. The van der Waals surface area contributed by atoms with E-state index in [9.17, 15) is 10.1 Å². The van der Waals surface area contributed by atoms with Gasteiger partial charge in [0.1, 0.15) is 10.7 Å². The molecule has 5 nitrogen and oxygen atoms in total. The standard InChI is InChI=1S/C25H29N3O2S/c1-25(2,3)18-8-9-19-20(13-18)31-23-22(19)24(29)28(21(27-23)10-11-30-4)15-17-7-5-6-16(12-17)14-26/h5-7,12,18H,8-11,13,15H2,1-4H3. The third-order valence-electron chi connectivity index (χ3n) is 6.40. The van der Waals surface area contributed by atoms with E-state index in [1.807, 2.05) is 18.2 Å². The van der Waals surface area contributed by atoms with Gasteiger partial charge in [-0.25, -0.2) is 4.98 Å². The molecule has 1 aliphatic rings. The summed E-state index contributed by atoms with van der Waals surface area (Å²) in [5, 5.41) is 10.0. The zero-order valence-electron chi connectivity index (χ0n) is 18.7. The molecule has 1 atom stereocenters. The fourth-order valence-corrected chi connectivity index (χ4v) is 5.82. The highest BCUT2D eigenvalue weighted by atomic mass is 32.1. The number of hydrogen-bond donors (Lipinski definition) is 0. The molecule has 31 heavy (non-hydrogen) atoms. The predicted octanol–water partition coefficient (Wildman–Crippen LogP) is 4.72. The Balaban J connectivity index is 1.82. The molecule has 0 N–H and O–H groups in total. The van der Waals surface area contributed by atoms with Crippen molar-refractivity contribution in [2.24, 2.45) is 11.3 Å². The molecule has 0 spiro atoms. The Kier molecular flexibility index (Phi) is 6.00. The summed E-state index contributed by atoms with van der Waals surface area (Å²) in [6.07, 6.45) is 3.65. The highest BCUT2D eigenvalue weighted by Gasteiger charge is 2.32. The smallest absolute Gasteiger partial charge is 0.262 e. The number of nitrogens with zero attached hydrogens (tertiary/aromatic N) is 3. The predicted molar refractivity (Wildman–Crippen MR) is 125 cm³/mol. The van der Waals surface area contributed by atoms with Crippen LogP contribution in [0, 0.1) is 22.7 Å². The molecule has 0 radical (unpaired) electrons. The maximum Gasteiger partial charge on any atom is 0.262 e. The van der Waals surface area contributed by atoms with Crippen LogP contribution in [-0.2, 0) is 30.5 Å². The lowest BCUT2D eigenvalue weighted by Gasteiger charge is -2.33. The average molecular weight is 436 g/mol. The van der Waals surface area contributed by atoms with Crippen LogP contribution in [0.4, 0.5) is 0 Å². The van der Waals surface area contributed by atoms with Crippen molar-refractivity contribution in [3.8, 4) is 6.07 Å². The molecule has 0 saturated carbocycles. The summed E-state index contributed by atoms with van der Waals surface area (Å²) >= 11 is 1.69. The van der Waals surface area contributed by atoms with Gasteiger partial charge in [-0.2, -0.15) is 5.26 Å². The highest BCUT2D eigenvalue weighted by Crippen LogP contribution is 2.42. The van der Waals surface area contributed by atoms with Crippen molar-refractivity contribution in [2.45, 2.75) is 53.0 Å². The molecule has 1 aromatic carbocycles. The van der Waals surface area contributed by atoms with E-state index in [-0.39, 0.29) is 11.0 Å². The maximum absolute atomic E-state index is 13.7. The topological polar surface area (TPSA) is 67.9 Å². The second-order valence-electron chi connectivity index (χ2n) is 9.46. The minimum Gasteiger partial charge on any atom is -0.384 e. The maximum atomic E-state index is 13.7. The van der Waals surface area contributed by atoms with Crippen molar-refractivity contribution < 1.29 is 4.74 Å². The van der Waals surface area contributed by atoms with Gasteiger partial charge in [0, 0.05) is 18.4 Å². The summed E-state index contributed by atoms with van der Waals surface area (Å²) in [6.45, 7) is 7.83. The summed E-state index contributed by atoms with van der Waals surface area (Å²) in [5.41, 5.74) is 3.02. The third kappa shape index (κ3) is 4.30. The van der Waals surface area contributed by atoms with Gasteiger partial charge in [-0.1, -0.05) is 32.9 Å². The van der Waals surface area contributed by atoms with Gasteiger partial charge >= 0.3 is 0 Å². The number of rotatable bonds is 5. The summed E-state index contributed by atoms with van der Waals surface area (Å²) in [5.74, 6) is 1.37. The van der Waals surface area contributed by atoms with Crippen LogP contribution in [0.5, 0.6) is 0 Å². The normalized spacial score (nSPS) is 16.3. The number of ether oxygens (including phenoxy) is 1. The van der Waals surface area contributed by atoms with E-state index in [2.05, 4.69) is 26.8 Å². The number of nitriles is 1. The van der Waals surface area contributed by atoms with E-state index in [1.165, 1.54) is 10.4 Å². The van der Waals surface area contributed by atoms with Gasteiger partial charge in [0.25, 0.3) is 5.56 Å². The monoisotopic (exact) mass is 435 g/mol. The van der Waals surface area contributed by atoms with Crippen LogP contribution >= 0.6 is 11.3 Å². The third-order valence-corrected chi connectivity index (χ3v) is 7.55. The van der Waals surface area contributed by atoms with Gasteiger partial charge in [-0.05, 0) is 53.9 Å². The molecule has 1 unspecified atom stereocenters. The lowest BCUT2D eigenvalue weighted by molar-refractivity contribution is 0.199. The number of aryl methyl sites for hydroxylation is 1. The van der Waals surface area contributed by atoms with Crippen molar-refractivity contribution in [2.75, 3.05) is 13.7 Å². The molecule has 4 rings (SSSR count). The minimum atomic E-state index is 0.0326. The van der Waals surface area contributed by atoms with Crippen LogP contribution in [0.15, 0.2) is 29.1 Å². The molecule has 0 bridgehead atoms. The Morgan fingerprint density at radius 1 is 1.35 bits per heavy atom. The highest BCUT2D eigenvalue weighted by molar-refractivity contribution is 7.18. The van der Waals surface area contributed by atoms with Crippen molar-refractivity contribution in [1.82, 2.24) is 9.55 Å². The van der Waals surface area contributed by atoms with E-state index in [1.54, 1.807) is 29.1 Å². The van der Waals surface area contributed by atoms with Crippen molar-refractivity contribution in [3.05, 3.63) is 62.0 Å². The number of methoxy groups -OCH3 is 1. The Hall–Kier alpha value is -2.49. The van der Waals surface area contributed by atoms with E-state index < -0.39 is 0 Å². The molecule has 0 aliphatic heterocycles. The number of thiophene rings is 1. The van der Waals surface area contributed by atoms with Gasteiger partial charge in [0.2, 0.25) is 0 Å². The first-order valence-electron chi connectivity index (χ1n) is 10.8. The second kappa shape index (κ2) is 8.57. The first kappa shape index (κ1) is 21.7. The molecule has 6 heteroatoms. The van der Waals surface area contributed by atoms with E-state index >= 15 is 0 Å². The summed E-state index contributed by atoms with van der Waals surface area (Å²) < 4.78 is 7.06. The zero-order valence-corrected chi connectivity index (χ0v) is 19.5. The lowest BCUT2D eigenvalue weighted by Crippen LogP contribution is -2.28. The fraction of sp³-hybridized carbons (Fsp3) is 0.480. The van der Waals surface area contributed by atoms with Crippen LogP contribution in [0.25, 0.3) is 10.2 Å². The Bertz CT molecular complexity index is 1210. The SMILES string of the molecule is COCCc1nc2sc3c(c2c(=O)n1Cc1cccc(C#N)c1)CCC(C(C)(C)C)C3. The largest absolute Gasteiger partial charge is 0.384 e. The first-order chi connectivity index (χ1) is 14.8. The van der Waals surface area contributed by atoms with Crippen LogP contribution in [0.1, 0.15) is 54.6 Å². The molecular weight excluding hydrogens is 406 g/mol. The molecule has 0 fully saturated rings. The summed E-state index contributed by atoms with van der Waals surface area (Å²) in [6, 6.07) is 9.61. The van der Waals surface area contributed by atoms with Crippen molar-refractivity contribution >= 4 is 21.6 Å². The average Bonchev–Trinajstić information content (AvgIpc) is 3.11. The van der Waals surface area contributed by atoms with Crippen molar-refractivity contribution in [1.29, 1.82) is 5.26 Å². The van der Waals surface area contributed by atoms with Gasteiger partial charge in [0.15, 0.2) is 0 Å². The number of aromatic nitrogens is 2. The number of benzene rings is 1. The lowest BCUT2D eigenvalue weighted by atomic mass is 9.72.